The fourth-order valence-electron chi connectivity index (χ4n) is 3.84. The van der Waals surface area contributed by atoms with Gasteiger partial charge < -0.3 is 14.3 Å². The van der Waals surface area contributed by atoms with Crippen molar-refractivity contribution in [3.63, 3.8) is 0 Å². The van der Waals surface area contributed by atoms with E-state index < -0.39 is 24.1 Å². The van der Waals surface area contributed by atoms with Gasteiger partial charge in [-0.05, 0) is 21.0 Å². The van der Waals surface area contributed by atoms with Gasteiger partial charge in [-0.25, -0.2) is 0 Å². The standard InChI is InChI=1S/C25H32Cl3NO3Si/c1-18(16-31-23(29)25(26,27)28)22(30)19(2)17-32-33(24(3,4)5,20-12-8-6-9-13-20)21-14-10-7-11-15-21/h6-15,19,22,29-30H,1,16-17H2,2-5H3/t19-,22+/m0/s1. The van der Waals surface area contributed by atoms with Gasteiger partial charge in [0.2, 0.25) is 5.90 Å². The number of ether oxygens (including phenoxy) is 1. The average molecular weight is 529 g/mol. The predicted molar refractivity (Wildman–Crippen MR) is 142 cm³/mol. The van der Waals surface area contributed by atoms with E-state index in [-0.39, 0.29) is 17.6 Å². The van der Waals surface area contributed by atoms with Crippen LogP contribution >= 0.6 is 34.8 Å². The smallest absolute Gasteiger partial charge is 0.265 e. The highest BCUT2D eigenvalue weighted by molar-refractivity contribution is 6.99. The third kappa shape index (κ3) is 6.84. The molecular weight excluding hydrogens is 497 g/mol. The van der Waals surface area contributed by atoms with Crippen LogP contribution in [-0.2, 0) is 9.16 Å². The molecular formula is C25H32Cl3NO3Si. The lowest BCUT2D eigenvalue weighted by atomic mass is 10.00. The summed E-state index contributed by atoms with van der Waals surface area (Å²) in [6.45, 7) is 12.6. The van der Waals surface area contributed by atoms with Gasteiger partial charge >= 0.3 is 0 Å². The van der Waals surface area contributed by atoms with Crippen molar-refractivity contribution >= 4 is 59.4 Å². The Morgan fingerprint density at radius 2 is 1.45 bits per heavy atom. The van der Waals surface area contributed by atoms with Gasteiger partial charge in [0, 0.05) is 12.5 Å². The van der Waals surface area contributed by atoms with Crippen molar-refractivity contribution in [3.8, 4) is 0 Å². The number of hydrogen-bond acceptors (Lipinski definition) is 4. The zero-order valence-electron chi connectivity index (χ0n) is 19.4. The van der Waals surface area contributed by atoms with Crippen molar-refractivity contribution in [3.05, 3.63) is 72.8 Å². The molecule has 0 radical (unpaired) electrons. The Balaban J connectivity index is 2.26. The second-order valence-electron chi connectivity index (χ2n) is 9.17. The maximum absolute atomic E-state index is 10.8. The summed E-state index contributed by atoms with van der Waals surface area (Å²) in [6, 6.07) is 20.6. The van der Waals surface area contributed by atoms with E-state index in [1.807, 2.05) is 43.3 Å². The van der Waals surface area contributed by atoms with Crippen molar-refractivity contribution in [1.82, 2.24) is 0 Å². The van der Waals surface area contributed by atoms with Crippen molar-refractivity contribution in [2.45, 2.75) is 42.6 Å². The Kier molecular flexibility index (Phi) is 9.63. The maximum Gasteiger partial charge on any atom is 0.265 e. The first-order valence-electron chi connectivity index (χ1n) is 10.7. The van der Waals surface area contributed by atoms with Crippen molar-refractivity contribution in [2.75, 3.05) is 13.2 Å². The summed E-state index contributed by atoms with van der Waals surface area (Å²) < 4.78 is 10.1. The maximum atomic E-state index is 10.8. The molecule has 0 unspecified atom stereocenters. The molecule has 2 N–H and O–H groups in total. The number of aliphatic hydroxyl groups excluding tert-OH is 1. The molecule has 0 saturated heterocycles. The SMILES string of the molecule is C=C(COC(=N)C(Cl)(Cl)Cl)[C@@H](O)[C@@H](C)CO[Si](c1ccccc1)(c1ccccc1)C(C)(C)C. The number of halogens is 3. The molecule has 0 aliphatic carbocycles. The predicted octanol–water partition coefficient (Wildman–Crippen LogP) is 5.48. The van der Waals surface area contributed by atoms with Gasteiger partial charge in [-0.15, -0.1) is 0 Å². The molecule has 0 bridgehead atoms. The van der Waals surface area contributed by atoms with Crippen LogP contribution < -0.4 is 10.4 Å². The quantitative estimate of drug-likeness (QED) is 0.149. The molecule has 0 amide bonds. The minimum Gasteiger partial charge on any atom is -0.473 e. The van der Waals surface area contributed by atoms with E-state index in [2.05, 4.69) is 51.6 Å². The van der Waals surface area contributed by atoms with Gasteiger partial charge in [0.15, 0.2) is 0 Å². The highest BCUT2D eigenvalue weighted by Gasteiger charge is 2.50. The van der Waals surface area contributed by atoms with Crippen LogP contribution in [0.15, 0.2) is 72.8 Å². The molecule has 8 heteroatoms. The van der Waals surface area contributed by atoms with Crippen LogP contribution in [0.25, 0.3) is 0 Å². The topological polar surface area (TPSA) is 62.5 Å². The molecule has 2 atom stereocenters. The summed E-state index contributed by atoms with van der Waals surface area (Å²) in [7, 11) is -2.71. The van der Waals surface area contributed by atoms with Crippen LogP contribution in [0, 0.1) is 11.3 Å². The summed E-state index contributed by atoms with van der Waals surface area (Å²) >= 11 is 16.9. The van der Waals surface area contributed by atoms with Crippen LogP contribution in [0.4, 0.5) is 0 Å². The fraction of sp³-hybridized carbons (Fsp3) is 0.400. The van der Waals surface area contributed by atoms with Gasteiger partial charge in [-0.3, -0.25) is 5.41 Å². The highest BCUT2D eigenvalue weighted by Crippen LogP contribution is 2.37. The first kappa shape index (κ1) is 27.9. The van der Waals surface area contributed by atoms with Gasteiger partial charge in [0.05, 0.1) is 6.10 Å². The molecule has 0 saturated carbocycles. The molecule has 0 fully saturated rings. The van der Waals surface area contributed by atoms with E-state index >= 15 is 0 Å². The molecule has 33 heavy (non-hydrogen) atoms. The van der Waals surface area contributed by atoms with E-state index in [0.29, 0.717) is 12.2 Å². The number of benzene rings is 2. The number of rotatable bonds is 9. The molecule has 4 nitrogen and oxygen atoms in total. The summed E-state index contributed by atoms with van der Waals surface area (Å²) in [4.78, 5) is 0. The lowest BCUT2D eigenvalue weighted by Crippen LogP contribution is -2.67. The van der Waals surface area contributed by atoms with E-state index in [4.69, 9.17) is 49.4 Å². The minimum atomic E-state index is -2.71. The Morgan fingerprint density at radius 3 is 1.85 bits per heavy atom. The van der Waals surface area contributed by atoms with Gasteiger partial charge in [0.25, 0.3) is 12.1 Å². The zero-order valence-corrected chi connectivity index (χ0v) is 22.7. The Hall–Kier alpha value is -1.34. The first-order chi connectivity index (χ1) is 15.3. The molecule has 0 aliphatic rings. The molecule has 0 heterocycles. The van der Waals surface area contributed by atoms with Crippen molar-refractivity contribution in [1.29, 1.82) is 5.41 Å². The molecule has 0 spiro atoms. The minimum absolute atomic E-state index is 0.128. The van der Waals surface area contributed by atoms with Gasteiger partial charge in [0.1, 0.15) is 6.61 Å². The molecule has 0 aliphatic heterocycles. The summed E-state index contributed by atoms with van der Waals surface area (Å²) in [5.41, 5.74) is 0.382. The fourth-order valence-corrected chi connectivity index (χ4v) is 8.68. The largest absolute Gasteiger partial charge is 0.473 e. The van der Waals surface area contributed by atoms with Crippen LogP contribution in [0.1, 0.15) is 27.7 Å². The number of nitrogens with one attached hydrogen (secondary N) is 1. The highest BCUT2D eigenvalue weighted by atomic mass is 35.6. The summed E-state index contributed by atoms with van der Waals surface area (Å²) in [5, 5.41) is 20.6. The molecule has 0 aromatic heterocycles. The van der Waals surface area contributed by atoms with Gasteiger partial charge in [-0.2, -0.15) is 0 Å². The third-order valence-corrected chi connectivity index (χ3v) is 11.1. The van der Waals surface area contributed by atoms with Crippen LogP contribution in [-0.4, -0.2) is 42.4 Å². The Bertz CT molecular complexity index is 888. The third-order valence-electron chi connectivity index (χ3n) is 5.60. The lowest BCUT2D eigenvalue weighted by Gasteiger charge is -2.43. The molecule has 2 aromatic carbocycles. The van der Waals surface area contributed by atoms with E-state index in [1.54, 1.807) is 0 Å². The second-order valence-corrected chi connectivity index (χ2v) is 15.8. The Morgan fingerprint density at radius 1 is 1.00 bits per heavy atom. The molecule has 180 valence electrons. The van der Waals surface area contributed by atoms with E-state index in [1.165, 1.54) is 10.4 Å². The summed E-state index contributed by atoms with van der Waals surface area (Å²) in [5.74, 6) is -0.790. The van der Waals surface area contributed by atoms with Crippen LogP contribution in [0.3, 0.4) is 0 Å². The zero-order chi connectivity index (χ0) is 24.9. The number of alkyl halides is 3. The van der Waals surface area contributed by atoms with E-state index in [0.717, 1.165) is 0 Å². The number of aliphatic hydroxyl groups is 1. The first-order valence-corrected chi connectivity index (χ1v) is 13.7. The summed E-state index contributed by atoms with van der Waals surface area (Å²) in [6.07, 6.45) is -0.911. The molecule has 2 rings (SSSR count). The lowest BCUT2D eigenvalue weighted by molar-refractivity contribution is 0.0992. The van der Waals surface area contributed by atoms with Crippen molar-refractivity contribution in [2.24, 2.45) is 5.92 Å². The second kappa shape index (κ2) is 11.4. The normalized spacial score (nSPS) is 14.4. The van der Waals surface area contributed by atoms with Crippen molar-refractivity contribution < 1.29 is 14.3 Å². The monoisotopic (exact) mass is 527 g/mol. The molecule has 2 aromatic rings. The Labute approximate surface area is 213 Å². The average Bonchev–Trinajstić information content (AvgIpc) is 2.76. The van der Waals surface area contributed by atoms with Gasteiger partial charge in [-0.1, -0.05) is 130 Å². The van der Waals surface area contributed by atoms with Crippen LogP contribution in [0.5, 0.6) is 0 Å². The number of hydrogen-bond donors (Lipinski definition) is 2. The van der Waals surface area contributed by atoms with E-state index in [9.17, 15) is 5.11 Å². The van der Waals surface area contributed by atoms with Crippen LogP contribution in [0.2, 0.25) is 5.04 Å².